The number of ketones is 1. The minimum atomic E-state index is -4.44. The van der Waals surface area contributed by atoms with E-state index in [1.54, 1.807) is 0 Å². The SMILES string of the molecule is O=C(c1cccc(C(F)(F)F)c1)C1CNc2ccccc21. The molecule has 0 aromatic heterocycles. The van der Waals surface area contributed by atoms with Crippen molar-refractivity contribution in [3.63, 3.8) is 0 Å². The van der Waals surface area contributed by atoms with Crippen molar-refractivity contribution in [1.29, 1.82) is 0 Å². The maximum absolute atomic E-state index is 12.7. The number of para-hydroxylation sites is 1. The van der Waals surface area contributed by atoms with Crippen LogP contribution in [0.3, 0.4) is 0 Å². The monoisotopic (exact) mass is 291 g/mol. The molecule has 5 heteroatoms. The molecule has 108 valence electrons. The predicted octanol–water partition coefficient (Wildman–Crippen LogP) is 4.10. The van der Waals surface area contributed by atoms with Crippen LogP contribution in [0.2, 0.25) is 0 Å². The minimum absolute atomic E-state index is 0.0910. The van der Waals surface area contributed by atoms with Crippen LogP contribution in [0, 0.1) is 0 Å². The summed E-state index contributed by atoms with van der Waals surface area (Å²) >= 11 is 0. The summed E-state index contributed by atoms with van der Waals surface area (Å²) in [5.41, 5.74) is 0.989. The molecule has 0 fully saturated rings. The molecule has 1 unspecified atom stereocenters. The molecule has 0 saturated carbocycles. The number of nitrogens with one attached hydrogen (secondary N) is 1. The van der Waals surface area contributed by atoms with Crippen molar-refractivity contribution >= 4 is 11.5 Å². The molecule has 1 aliphatic heterocycles. The Bertz CT molecular complexity index is 694. The molecule has 2 aromatic carbocycles. The van der Waals surface area contributed by atoms with E-state index >= 15 is 0 Å². The number of rotatable bonds is 2. The molecule has 0 aliphatic carbocycles. The van der Waals surface area contributed by atoms with Crippen molar-refractivity contribution in [2.45, 2.75) is 12.1 Å². The lowest BCUT2D eigenvalue weighted by atomic mass is 9.91. The number of alkyl halides is 3. The van der Waals surface area contributed by atoms with E-state index in [0.717, 1.165) is 23.4 Å². The van der Waals surface area contributed by atoms with E-state index in [-0.39, 0.29) is 11.3 Å². The zero-order chi connectivity index (χ0) is 15.0. The normalized spacial score (nSPS) is 17.2. The summed E-state index contributed by atoms with van der Waals surface area (Å²) < 4.78 is 38.2. The third kappa shape index (κ3) is 2.51. The Hall–Kier alpha value is -2.30. The van der Waals surface area contributed by atoms with Crippen molar-refractivity contribution in [1.82, 2.24) is 0 Å². The first kappa shape index (κ1) is 13.7. The Labute approximate surface area is 119 Å². The van der Waals surface area contributed by atoms with Crippen molar-refractivity contribution in [2.24, 2.45) is 0 Å². The van der Waals surface area contributed by atoms with Crippen molar-refractivity contribution < 1.29 is 18.0 Å². The van der Waals surface area contributed by atoms with E-state index in [4.69, 9.17) is 0 Å². The van der Waals surface area contributed by atoms with Crippen LogP contribution in [-0.4, -0.2) is 12.3 Å². The fourth-order valence-electron chi connectivity index (χ4n) is 2.57. The Morgan fingerprint density at radius 1 is 1.10 bits per heavy atom. The second-order valence-electron chi connectivity index (χ2n) is 4.96. The highest BCUT2D eigenvalue weighted by Gasteiger charge is 2.33. The van der Waals surface area contributed by atoms with Gasteiger partial charge in [-0.05, 0) is 23.8 Å². The number of benzene rings is 2. The molecule has 0 radical (unpaired) electrons. The van der Waals surface area contributed by atoms with Crippen LogP contribution in [0.4, 0.5) is 18.9 Å². The largest absolute Gasteiger partial charge is 0.416 e. The summed E-state index contributed by atoms with van der Waals surface area (Å²) in [6.07, 6.45) is -4.44. The van der Waals surface area contributed by atoms with Gasteiger partial charge in [0.15, 0.2) is 5.78 Å². The first-order valence-corrected chi connectivity index (χ1v) is 6.51. The Morgan fingerprint density at radius 2 is 1.86 bits per heavy atom. The second-order valence-corrected chi connectivity index (χ2v) is 4.96. The van der Waals surface area contributed by atoms with Crippen LogP contribution in [0.15, 0.2) is 48.5 Å². The van der Waals surface area contributed by atoms with Crippen LogP contribution < -0.4 is 5.32 Å². The lowest BCUT2D eigenvalue weighted by Gasteiger charge is -2.12. The highest BCUT2D eigenvalue weighted by molar-refractivity contribution is 6.03. The second kappa shape index (κ2) is 4.91. The molecular formula is C16H12F3NO. The molecule has 21 heavy (non-hydrogen) atoms. The number of anilines is 1. The lowest BCUT2D eigenvalue weighted by molar-refractivity contribution is -0.137. The van der Waals surface area contributed by atoms with Gasteiger partial charge in [0.05, 0.1) is 11.5 Å². The molecule has 1 aliphatic rings. The van der Waals surface area contributed by atoms with Gasteiger partial charge >= 0.3 is 6.18 Å². The number of carbonyl (C=O) groups is 1. The molecule has 0 bridgehead atoms. The van der Waals surface area contributed by atoms with Gasteiger partial charge in [-0.25, -0.2) is 0 Å². The molecule has 2 aromatic rings. The quantitative estimate of drug-likeness (QED) is 0.844. The van der Waals surface area contributed by atoms with Gasteiger partial charge in [-0.15, -0.1) is 0 Å². The molecule has 3 rings (SSSR count). The summed E-state index contributed by atoms with van der Waals surface area (Å²) in [5.74, 6) is -0.733. The fraction of sp³-hybridized carbons (Fsp3) is 0.188. The summed E-state index contributed by atoms with van der Waals surface area (Å²) in [4.78, 5) is 12.5. The van der Waals surface area contributed by atoms with Crippen LogP contribution in [0.5, 0.6) is 0 Å². The Morgan fingerprint density at radius 3 is 2.62 bits per heavy atom. The van der Waals surface area contributed by atoms with Gasteiger partial charge in [0.1, 0.15) is 0 Å². The van der Waals surface area contributed by atoms with Gasteiger partial charge < -0.3 is 5.32 Å². The number of hydrogen-bond donors (Lipinski definition) is 1. The fourth-order valence-corrected chi connectivity index (χ4v) is 2.57. The minimum Gasteiger partial charge on any atom is -0.384 e. The third-order valence-electron chi connectivity index (χ3n) is 3.62. The summed E-state index contributed by atoms with van der Waals surface area (Å²) in [6, 6.07) is 11.9. The zero-order valence-electron chi connectivity index (χ0n) is 10.9. The maximum atomic E-state index is 12.7. The lowest BCUT2D eigenvalue weighted by Crippen LogP contribution is -2.16. The Kier molecular flexibility index (Phi) is 3.20. The third-order valence-corrected chi connectivity index (χ3v) is 3.62. The van der Waals surface area contributed by atoms with E-state index < -0.39 is 17.7 Å². The number of halogens is 3. The average molecular weight is 291 g/mol. The van der Waals surface area contributed by atoms with Crippen molar-refractivity contribution in [3.05, 3.63) is 65.2 Å². The van der Waals surface area contributed by atoms with Crippen LogP contribution >= 0.6 is 0 Å². The topological polar surface area (TPSA) is 29.1 Å². The van der Waals surface area contributed by atoms with Gasteiger partial charge in [0.2, 0.25) is 0 Å². The molecule has 0 spiro atoms. The summed E-state index contributed by atoms with van der Waals surface area (Å²) in [7, 11) is 0. The number of Topliss-reactive ketones (excluding diaryl/α,β-unsaturated/α-hetero) is 1. The van der Waals surface area contributed by atoms with Crippen LogP contribution in [0.25, 0.3) is 0 Å². The van der Waals surface area contributed by atoms with E-state index in [2.05, 4.69) is 5.32 Å². The molecule has 1 atom stereocenters. The molecule has 1 heterocycles. The summed E-state index contributed by atoms with van der Waals surface area (Å²) in [5, 5.41) is 3.10. The van der Waals surface area contributed by atoms with Crippen molar-refractivity contribution in [3.8, 4) is 0 Å². The maximum Gasteiger partial charge on any atom is 0.416 e. The molecule has 2 nitrogen and oxygen atoms in total. The Balaban J connectivity index is 1.94. The number of carbonyl (C=O) groups excluding carboxylic acids is 1. The van der Waals surface area contributed by atoms with Gasteiger partial charge in [-0.2, -0.15) is 13.2 Å². The standard InChI is InChI=1S/C16H12F3NO/c17-16(18,19)11-5-3-4-10(8-11)15(21)13-9-20-14-7-2-1-6-12(13)14/h1-8,13,20H,9H2. The highest BCUT2D eigenvalue weighted by Crippen LogP contribution is 2.35. The van der Waals surface area contributed by atoms with E-state index in [9.17, 15) is 18.0 Å². The smallest absolute Gasteiger partial charge is 0.384 e. The van der Waals surface area contributed by atoms with Crippen LogP contribution in [0.1, 0.15) is 27.4 Å². The van der Waals surface area contributed by atoms with Crippen LogP contribution in [-0.2, 0) is 6.18 Å². The van der Waals surface area contributed by atoms with E-state index in [1.807, 2.05) is 24.3 Å². The first-order valence-electron chi connectivity index (χ1n) is 6.51. The molecule has 1 N–H and O–H groups in total. The van der Waals surface area contributed by atoms with Gasteiger partial charge in [-0.1, -0.05) is 30.3 Å². The molecule has 0 saturated heterocycles. The van der Waals surface area contributed by atoms with Crippen molar-refractivity contribution in [2.75, 3.05) is 11.9 Å². The molecule has 0 amide bonds. The van der Waals surface area contributed by atoms with Gasteiger partial charge in [-0.3, -0.25) is 4.79 Å². The zero-order valence-corrected chi connectivity index (χ0v) is 10.9. The van der Waals surface area contributed by atoms with E-state index in [0.29, 0.717) is 6.54 Å². The van der Waals surface area contributed by atoms with Gasteiger partial charge in [0, 0.05) is 17.8 Å². The number of fused-ring (bicyclic) bond motifs is 1. The average Bonchev–Trinajstić information content (AvgIpc) is 2.90. The van der Waals surface area contributed by atoms with E-state index in [1.165, 1.54) is 12.1 Å². The predicted molar refractivity (Wildman–Crippen MR) is 73.4 cm³/mol. The first-order chi connectivity index (χ1) is 9.97. The highest BCUT2D eigenvalue weighted by atomic mass is 19.4. The summed E-state index contributed by atoms with van der Waals surface area (Å²) in [6.45, 7) is 0.411. The molecular weight excluding hydrogens is 279 g/mol. The number of hydrogen-bond acceptors (Lipinski definition) is 2. The van der Waals surface area contributed by atoms with Gasteiger partial charge in [0.25, 0.3) is 0 Å².